The molecule has 0 amide bonds. The number of carboxylic acid groups (broad SMARTS) is 2. The van der Waals surface area contributed by atoms with E-state index in [0.717, 1.165) is 38.5 Å². The quantitative estimate of drug-likeness (QED) is 0.359. The molecule has 32 heavy (non-hydrogen) atoms. The normalized spacial score (nSPS) is 38.8. The Morgan fingerprint density at radius 1 is 1.12 bits per heavy atom. The molecule has 0 bridgehead atoms. The van der Waals surface area contributed by atoms with Crippen molar-refractivity contribution in [3.05, 3.63) is 23.5 Å². The summed E-state index contributed by atoms with van der Waals surface area (Å²) in [7, 11) is 0. The van der Waals surface area contributed by atoms with Crippen molar-refractivity contribution in [3.8, 4) is 0 Å². The van der Waals surface area contributed by atoms with Crippen LogP contribution in [0, 0.1) is 40.4 Å². The lowest BCUT2D eigenvalue weighted by atomic mass is 9.48. The Labute approximate surface area is 189 Å². The van der Waals surface area contributed by atoms with Gasteiger partial charge >= 0.3 is 17.9 Å². The van der Waals surface area contributed by atoms with E-state index in [2.05, 4.69) is 19.9 Å². The molecule has 0 radical (unpaired) electrons. The van der Waals surface area contributed by atoms with Gasteiger partial charge in [0, 0.05) is 13.3 Å². The van der Waals surface area contributed by atoms with Gasteiger partial charge in [0.05, 0.1) is 0 Å². The average molecular weight is 449 g/mol. The SMILES string of the molecule is CC(O)(O)OC1=CC2=CC[C@H]3[C@@H]4CC[C@H](CC(C(=O)O)C(=O)O)[C@@]4(C)CC[C@@H]3[C@@]2(C)CC1. The molecule has 2 saturated carbocycles. The number of allylic oxidation sites excluding steroid dienone is 4. The molecule has 4 aliphatic carbocycles. The van der Waals surface area contributed by atoms with Crippen molar-refractivity contribution in [1.82, 2.24) is 0 Å². The summed E-state index contributed by atoms with van der Waals surface area (Å²) in [6, 6.07) is 0. The first-order valence-electron chi connectivity index (χ1n) is 11.9. The third-order valence-electron chi connectivity index (χ3n) is 9.37. The Kier molecular flexibility index (Phi) is 5.73. The number of carboxylic acids is 2. The van der Waals surface area contributed by atoms with Crippen molar-refractivity contribution < 1.29 is 34.8 Å². The smallest absolute Gasteiger partial charge is 0.318 e. The zero-order chi connectivity index (χ0) is 23.5. The lowest BCUT2D eigenvalue weighted by molar-refractivity contribution is -0.308. The maximum absolute atomic E-state index is 11.5. The van der Waals surface area contributed by atoms with E-state index in [4.69, 9.17) is 4.74 Å². The second-order valence-corrected chi connectivity index (χ2v) is 11.1. The van der Waals surface area contributed by atoms with Crippen LogP contribution in [-0.2, 0) is 14.3 Å². The molecule has 4 rings (SSSR count). The van der Waals surface area contributed by atoms with E-state index in [1.165, 1.54) is 12.5 Å². The molecule has 0 aromatic carbocycles. The molecule has 7 nitrogen and oxygen atoms in total. The van der Waals surface area contributed by atoms with E-state index < -0.39 is 23.8 Å². The summed E-state index contributed by atoms with van der Waals surface area (Å²) in [5.41, 5.74) is 1.22. The molecule has 4 aliphatic rings. The molecule has 0 aromatic heterocycles. The van der Waals surface area contributed by atoms with Crippen LogP contribution in [0.2, 0.25) is 0 Å². The number of fused-ring (bicyclic) bond motifs is 5. The van der Waals surface area contributed by atoms with Gasteiger partial charge in [-0.2, -0.15) is 0 Å². The van der Waals surface area contributed by atoms with Crippen LogP contribution in [0.5, 0.6) is 0 Å². The van der Waals surface area contributed by atoms with Gasteiger partial charge in [-0.1, -0.05) is 19.9 Å². The van der Waals surface area contributed by atoms with Crippen molar-refractivity contribution in [3.63, 3.8) is 0 Å². The van der Waals surface area contributed by atoms with Gasteiger partial charge in [0.1, 0.15) is 5.76 Å². The number of aliphatic hydroxyl groups is 2. The van der Waals surface area contributed by atoms with E-state index in [0.29, 0.717) is 29.9 Å². The predicted molar refractivity (Wildman–Crippen MR) is 116 cm³/mol. The summed E-state index contributed by atoms with van der Waals surface area (Å²) in [6.07, 6.45) is 11.0. The second kappa shape index (κ2) is 7.87. The van der Waals surface area contributed by atoms with E-state index >= 15 is 0 Å². The summed E-state index contributed by atoms with van der Waals surface area (Å²) in [4.78, 5) is 23.0. The van der Waals surface area contributed by atoms with E-state index in [1.54, 1.807) is 0 Å². The minimum Gasteiger partial charge on any atom is -0.481 e. The fourth-order valence-electron chi connectivity index (χ4n) is 7.72. The molecule has 0 aliphatic heterocycles. The van der Waals surface area contributed by atoms with Gasteiger partial charge in [0.25, 0.3) is 0 Å². The van der Waals surface area contributed by atoms with Gasteiger partial charge in [-0.15, -0.1) is 0 Å². The molecule has 7 heteroatoms. The highest BCUT2D eigenvalue weighted by molar-refractivity contribution is 5.92. The minimum atomic E-state index is -2.17. The number of rotatable bonds is 6. The molecule has 2 fully saturated rings. The monoisotopic (exact) mass is 448 g/mol. The summed E-state index contributed by atoms with van der Waals surface area (Å²) in [6.45, 7) is 5.80. The number of aliphatic carboxylic acids is 2. The molecule has 4 N–H and O–H groups in total. The fraction of sp³-hybridized carbons (Fsp3) is 0.760. The summed E-state index contributed by atoms with van der Waals surface area (Å²) in [5.74, 6) is -3.73. The molecule has 0 saturated heterocycles. The highest BCUT2D eigenvalue weighted by atomic mass is 16.8. The fourth-order valence-corrected chi connectivity index (χ4v) is 7.72. The Bertz CT molecular complexity index is 839. The maximum Gasteiger partial charge on any atom is 0.318 e. The summed E-state index contributed by atoms with van der Waals surface area (Å²) >= 11 is 0. The highest BCUT2D eigenvalue weighted by Crippen LogP contribution is 2.66. The molecule has 0 aromatic rings. The van der Waals surface area contributed by atoms with E-state index in [-0.39, 0.29) is 23.2 Å². The molecule has 0 unspecified atom stereocenters. The molecular formula is C25H36O7. The van der Waals surface area contributed by atoms with Crippen LogP contribution in [0.4, 0.5) is 0 Å². The largest absolute Gasteiger partial charge is 0.481 e. The second-order valence-electron chi connectivity index (χ2n) is 11.1. The summed E-state index contributed by atoms with van der Waals surface area (Å²) < 4.78 is 5.32. The lowest BCUT2D eigenvalue weighted by Crippen LogP contribution is -2.49. The molecule has 0 heterocycles. The predicted octanol–water partition coefficient (Wildman–Crippen LogP) is 3.91. The third kappa shape index (κ3) is 3.87. The van der Waals surface area contributed by atoms with Crippen LogP contribution >= 0.6 is 0 Å². The van der Waals surface area contributed by atoms with Gasteiger partial charge in [-0.05, 0) is 91.1 Å². The molecule has 178 valence electrons. The third-order valence-corrected chi connectivity index (χ3v) is 9.37. The van der Waals surface area contributed by atoms with Gasteiger partial charge in [-0.25, -0.2) is 0 Å². The zero-order valence-corrected chi connectivity index (χ0v) is 19.2. The molecule has 0 spiro atoms. The Hall–Kier alpha value is -1.86. The van der Waals surface area contributed by atoms with Crippen LogP contribution in [0.3, 0.4) is 0 Å². The van der Waals surface area contributed by atoms with E-state index in [1.807, 2.05) is 6.08 Å². The number of ether oxygens (including phenoxy) is 1. The Balaban J connectivity index is 1.56. The van der Waals surface area contributed by atoms with Crippen molar-refractivity contribution in [2.75, 3.05) is 0 Å². The van der Waals surface area contributed by atoms with Crippen LogP contribution in [0.1, 0.15) is 72.1 Å². The number of carbonyl (C=O) groups is 2. The van der Waals surface area contributed by atoms with E-state index in [9.17, 15) is 30.0 Å². The molecular weight excluding hydrogens is 412 g/mol. The zero-order valence-electron chi connectivity index (χ0n) is 19.2. The number of hydrogen-bond donors (Lipinski definition) is 4. The van der Waals surface area contributed by atoms with Gasteiger partial charge < -0.3 is 25.2 Å². The van der Waals surface area contributed by atoms with Crippen molar-refractivity contribution in [2.24, 2.45) is 40.4 Å². The number of hydrogen-bond acceptors (Lipinski definition) is 5. The molecule has 6 atom stereocenters. The Morgan fingerprint density at radius 2 is 1.81 bits per heavy atom. The van der Waals surface area contributed by atoms with Gasteiger partial charge in [-0.3, -0.25) is 9.59 Å². The lowest BCUT2D eigenvalue weighted by Gasteiger charge is -2.57. The highest BCUT2D eigenvalue weighted by Gasteiger charge is 2.58. The maximum atomic E-state index is 11.5. The first kappa shape index (κ1) is 23.3. The summed E-state index contributed by atoms with van der Waals surface area (Å²) in [5, 5.41) is 38.0. The van der Waals surface area contributed by atoms with Crippen molar-refractivity contribution in [2.45, 2.75) is 78.1 Å². The topological polar surface area (TPSA) is 124 Å². The van der Waals surface area contributed by atoms with Gasteiger partial charge in [0.2, 0.25) is 0 Å². The van der Waals surface area contributed by atoms with Crippen LogP contribution in [0.25, 0.3) is 0 Å². The van der Waals surface area contributed by atoms with Crippen molar-refractivity contribution >= 4 is 11.9 Å². The van der Waals surface area contributed by atoms with Crippen LogP contribution < -0.4 is 0 Å². The minimum absolute atomic E-state index is 0.0135. The van der Waals surface area contributed by atoms with Crippen molar-refractivity contribution in [1.29, 1.82) is 0 Å². The standard InChI is InChI=1S/C25H36O7/c1-23-10-8-16(32-25(3,30)31)12-14(23)4-6-17-19-7-5-15(13-18(21(26)27)22(28)29)24(19,2)11-9-20(17)23/h4,12,15,17-20,30-31H,5-11,13H2,1-3H3,(H,26,27)(H,28,29)/t15-,17+,19+,20+,23+,24-/m1/s1. The van der Waals surface area contributed by atoms with Gasteiger partial charge in [0.15, 0.2) is 5.92 Å². The average Bonchev–Trinajstić information content (AvgIpc) is 3.01. The first-order chi connectivity index (χ1) is 14.8. The van der Waals surface area contributed by atoms with Crippen LogP contribution in [-0.4, -0.2) is 38.3 Å². The first-order valence-corrected chi connectivity index (χ1v) is 11.9. The Morgan fingerprint density at radius 3 is 2.44 bits per heavy atom. The van der Waals surface area contributed by atoms with Crippen LogP contribution in [0.15, 0.2) is 23.5 Å².